The average molecular weight is 478 g/mol. The summed E-state index contributed by atoms with van der Waals surface area (Å²) in [6, 6.07) is 16.9. The van der Waals surface area contributed by atoms with Gasteiger partial charge in [0, 0.05) is 15.3 Å². The fourth-order valence-electron chi connectivity index (χ4n) is 2.45. The number of nitrogens with one attached hydrogen (secondary N) is 3. The number of aromatic nitrogens is 1. The number of benzene rings is 2. The molecule has 6 nitrogen and oxygen atoms in total. The van der Waals surface area contributed by atoms with Crippen molar-refractivity contribution < 1.29 is 9.59 Å². The van der Waals surface area contributed by atoms with Gasteiger partial charge in [0.25, 0.3) is 11.8 Å². The van der Waals surface area contributed by atoms with E-state index in [1.807, 2.05) is 53.2 Å². The third-order valence-corrected chi connectivity index (χ3v) is 4.80. The van der Waals surface area contributed by atoms with Crippen molar-refractivity contribution in [2.24, 2.45) is 0 Å². The molecule has 0 aliphatic rings. The van der Waals surface area contributed by atoms with E-state index in [9.17, 15) is 9.59 Å². The smallest absolute Gasteiger partial charge is 0.258 e. The van der Waals surface area contributed by atoms with E-state index in [4.69, 9.17) is 12.2 Å². The normalized spacial score (nSPS) is 10.3. The summed E-state index contributed by atoms with van der Waals surface area (Å²) in [5.41, 5.74) is 6.52. The summed E-state index contributed by atoms with van der Waals surface area (Å²) in [6.07, 6.45) is 1.85. The van der Waals surface area contributed by atoms with E-state index in [0.717, 1.165) is 14.5 Å². The van der Waals surface area contributed by atoms with Gasteiger partial charge in [-0.1, -0.05) is 30.3 Å². The Hall–Kier alpha value is -2.46. The minimum absolute atomic E-state index is 0.0281. The molecule has 1 aromatic heterocycles. The van der Waals surface area contributed by atoms with Crippen LogP contribution in [-0.2, 0) is 11.3 Å². The second-order valence-corrected chi connectivity index (χ2v) is 7.01. The molecule has 2 amide bonds. The predicted octanol–water partition coefficient (Wildman–Crippen LogP) is 2.58. The van der Waals surface area contributed by atoms with Crippen LogP contribution in [0.4, 0.5) is 0 Å². The molecule has 0 saturated carbocycles. The first-order valence-corrected chi connectivity index (χ1v) is 9.22. The van der Waals surface area contributed by atoms with Gasteiger partial charge in [-0.2, -0.15) is 0 Å². The van der Waals surface area contributed by atoms with Crippen molar-refractivity contribution in [1.29, 1.82) is 0 Å². The van der Waals surface area contributed by atoms with E-state index in [0.29, 0.717) is 5.56 Å². The van der Waals surface area contributed by atoms with Crippen LogP contribution in [-0.4, -0.2) is 21.5 Å². The van der Waals surface area contributed by atoms with Crippen LogP contribution in [0.15, 0.2) is 60.8 Å². The third kappa shape index (κ3) is 4.38. The monoisotopic (exact) mass is 478 g/mol. The van der Waals surface area contributed by atoms with Crippen molar-refractivity contribution in [2.75, 3.05) is 0 Å². The first kappa shape index (κ1) is 18.3. The fourth-order valence-corrected chi connectivity index (χ4v) is 3.22. The van der Waals surface area contributed by atoms with E-state index in [1.165, 1.54) is 0 Å². The van der Waals surface area contributed by atoms with Gasteiger partial charge in [-0.15, -0.1) is 0 Å². The molecule has 3 N–H and O–H groups in total. The highest BCUT2D eigenvalue weighted by Gasteiger charge is 2.11. The van der Waals surface area contributed by atoms with Gasteiger partial charge >= 0.3 is 0 Å². The van der Waals surface area contributed by atoms with E-state index >= 15 is 0 Å². The fraction of sp³-hybridized carbons (Fsp3) is 0.0556. The summed E-state index contributed by atoms with van der Waals surface area (Å²) in [7, 11) is 0. The number of amides is 2. The molecule has 0 aliphatic heterocycles. The zero-order chi connectivity index (χ0) is 18.5. The minimum Gasteiger partial charge on any atom is -0.338 e. The number of nitrogens with zero attached hydrogens (tertiary/aromatic N) is 1. The van der Waals surface area contributed by atoms with E-state index < -0.39 is 0 Å². The van der Waals surface area contributed by atoms with E-state index in [1.54, 1.807) is 12.1 Å². The van der Waals surface area contributed by atoms with Gasteiger partial charge in [0.15, 0.2) is 5.11 Å². The number of halogens is 1. The number of carbonyl (C=O) groups is 2. The minimum atomic E-state index is -0.335. The maximum atomic E-state index is 12.2. The van der Waals surface area contributed by atoms with Crippen molar-refractivity contribution in [3.63, 3.8) is 0 Å². The Morgan fingerprint density at radius 1 is 1.00 bits per heavy atom. The molecule has 132 valence electrons. The molecular weight excluding hydrogens is 463 g/mol. The van der Waals surface area contributed by atoms with E-state index in [2.05, 4.69) is 38.8 Å². The summed E-state index contributed by atoms with van der Waals surface area (Å²) in [6.45, 7) is 0.133. The van der Waals surface area contributed by atoms with Crippen molar-refractivity contribution in [1.82, 2.24) is 20.7 Å². The van der Waals surface area contributed by atoms with Gasteiger partial charge < -0.3 is 4.57 Å². The number of para-hydroxylation sites is 1. The Kier molecular flexibility index (Phi) is 5.84. The van der Waals surface area contributed by atoms with Crippen LogP contribution in [0, 0.1) is 3.57 Å². The number of thiocarbonyl (C=S) groups is 1. The summed E-state index contributed by atoms with van der Waals surface area (Å²) in [4.78, 5) is 24.3. The first-order chi connectivity index (χ1) is 12.5. The molecule has 0 radical (unpaired) electrons. The molecular formula is C18H15IN4O2S. The molecule has 0 spiro atoms. The van der Waals surface area contributed by atoms with Gasteiger partial charge in [-0.25, -0.2) is 0 Å². The van der Waals surface area contributed by atoms with Crippen molar-refractivity contribution in [3.05, 3.63) is 69.9 Å². The SMILES string of the molecule is O=C(Cn1ccc2ccccc21)NNC(=S)NC(=O)c1ccccc1I. The first-order valence-electron chi connectivity index (χ1n) is 7.73. The average Bonchev–Trinajstić information content (AvgIpc) is 3.03. The third-order valence-electron chi connectivity index (χ3n) is 3.66. The molecule has 0 bridgehead atoms. The quantitative estimate of drug-likeness (QED) is 0.308. The predicted molar refractivity (Wildman–Crippen MR) is 112 cm³/mol. The summed E-state index contributed by atoms with van der Waals surface area (Å²) in [5, 5.41) is 3.63. The van der Waals surface area contributed by atoms with Crippen molar-refractivity contribution >= 4 is 62.6 Å². The second-order valence-electron chi connectivity index (χ2n) is 5.44. The number of hydrogen-bond donors (Lipinski definition) is 3. The standard InChI is InChI=1S/C18H15IN4O2S/c19-14-7-3-2-6-13(14)17(25)20-18(26)22-21-16(24)11-23-10-9-12-5-1-4-8-15(12)23/h1-10H,11H2,(H,21,24)(H2,20,22,25,26). The van der Waals surface area contributed by atoms with Crippen LogP contribution < -0.4 is 16.2 Å². The number of rotatable bonds is 3. The lowest BCUT2D eigenvalue weighted by molar-refractivity contribution is -0.122. The molecule has 0 atom stereocenters. The highest BCUT2D eigenvalue weighted by atomic mass is 127. The van der Waals surface area contributed by atoms with Crippen LogP contribution in [0.25, 0.3) is 10.9 Å². The molecule has 3 rings (SSSR count). The van der Waals surface area contributed by atoms with Crippen LogP contribution in [0.3, 0.4) is 0 Å². The summed E-state index contributed by atoms with van der Waals surface area (Å²) < 4.78 is 2.65. The highest BCUT2D eigenvalue weighted by molar-refractivity contribution is 14.1. The summed E-state index contributed by atoms with van der Waals surface area (Å²) >= 11 is 7.13. The Balaban J connectivity index is 1.52. The van der Waals surface area contributed by atoms with Gasteiger partial charge in [-0.3, -0.25) is 25.8 Å². The maximum absolute atomic E-state index is 12.2. The second kappa shape index (κ2) is 8.28. The Bertz CT molecular complexity index is 986. The molecule has 0 unspecified atom stereocenters. The lowest BCUT2D eigenvalue weighted by Gasteiger charge is -2.12. The van der Waals surface area contributed by atoms with Crippen LogP contribution in [0.5, 0.6) is 0 Å². The molecule has 0 fully saturated rings. The molecule has 3 aromatic rings. The van der Waals surface area contributed by atoms with E-state index in [-0.39, 0.29) is 23.5 Å². The highest BCUT2D eigenvalue weighted by Crippen LogP contribution is 2.14. The van der Waals surface area contributed by atoms with Gasteiger partial charge in [-0.05, 0) is 64.5 Å². The zero-order valence-corrected chi connectivity index (χ0v) is 16.5. The molecule has 1 heterocycles. The Morgan fingerprint density at radius 2 is 1.73 bits per heavy atom. The summed E-state index contributed by atoms with van der Waals surface area (Å²) in [5.74, 6) is -0.615. The Morgan fingerprint density at radius 3 is 2.54 bits per heavy atom. The van der Waals surface area contributed by atoms with Gasteiger partial charge in [0.05, 0.1) is 5.56 Å². The molecule has 2 aromatic carbocycles. The van der Waals surface area contributed by atoms with Gasteiger partial charge in [0.1, 0.15) is 6.54 Å². The molecule has 8 heteroatoms. The number of fused-ring (bicyclic) bond motifs is 1. The molecule has 0 saturated heterocycles. The largest absolute Gasteiger partial charge is 0.338 e. The number of hydrogen-bond acceptors (Lipinski definition) is 3. The number of hydrazine groups is 1. The van der Waals surface area contributed by atoms with Crippen LogP contribution >= 0.6 is 34.8 Å². The van der Waals surface area contributed by atoms with Crippen molar-refractivity contribution in [2.45, 2.75) is 6.54 Å². The zero-order valence-electron chi connectivity index (χ0n) is 13.5. The van der Waals surface area contributed by atoms with Crippen molar-refractivity contribution in [3.8, 4) is 0 Å². The Labute approximate surface area is 169 Å². The lowest BCUT2D eigenvalue weighted by atomic mass is 10.2. The topological polar surface area (TPSA) is 75.2 Å². The van der Waals surface area contributed by atoms with Crippen LogP contribution in [0.2, 0.25) is 0 Å². The van der Waals surface area contributed by atoms with Crippen LogP contribution in [0.1, 0.15) is 10.4 Å². The molecule has 26 heavy (non-hydrogen) atoms. The maximum Gasteiger partial charge on any atom is 0.258 e. The van der Waals surface area contributed by atoms with Gasteiger partial charge in [0.2, 0.25) is 0 Å². The number of carbonyl (C=O) groups excluding carboxylic acids is 2. The molecule has 0 aliphatic carbocycles. The lowest BCUT2D eigenvalue weighted by Crippen LogP contribution is -2.49.